The van der Waals surface area contributed by atoms with Crippen LogP contribution in [0.15, 0.2) is 24.3 Å². The van der Waals surface area contributed by atoms with E-state index in [4.69, 9.17) is 10.5 Å². The molecule has 17 heavy (non-hydrogen) atoms. The maximum atomic E-state index is 5.99. The number of nitrogens with zero attached hydrogens (tertiary/aromatic N) is 1. The number of benzene rings is 1. The summed E-state index contributed by atoms with van der Waals surface area (Å²) in [6, 6.07) is 8.05. The summed E-state index contributed by atoms with van der Waals surface area (Å²) >= 11 is 0. The van der Waals surface area contributed by atoms with Crippen LogP contribution in [0.3, 0.4) is 0 Å². The van der Waals surface area contributed by atoms with Gasteiger partial charge in [-0.3, -0.25) is 0 Å². The van der Waals surface area contributed by atoms with Crippen molar-refractivity contribution in [1.29, 1.82) is 0 Å². The Morgan fingerprint density at radius 3 is 2.76 bits per heavy atom. The topological polar surface area (TPSA) is 48.1 Å². The Bertz CT molecular complexity index is 535. The maximum Gasteiger partial charge on any atom is 0.145 e. The minimum atomic E-state index is 0.377. The van der Waals surface area contributed by atoms with Crippen LogP contribution in [-0.4, -0.2) is 11.6 Å². The van der Waals surface area contributed by atoms with Crippen LogP contribution in [-0.2, 0) is 0 Å². The fourth-order valence-corrected chi connectivity index (χ4v) is 1.94. The molecular weight excluding hydrogens is 212 g/mol. The highest BCUT2D eigenvalue weighted by Gasteiger charge is 2.10. The second-order valence-electron chi connectivity index (χ2n) is 4.38. The number of aromatic nitrogens is 1. The second-order valence-corrected chi connectivity index (χ2v) is 4.38. The largest absolute Gasteiger partial charge is 0.492 e. The number of ether oxygens (including phenoxy) is 1. The van der Waals surface area contributed by atoms with Gasteiger partial charge in [0.2, 0.25) is 0 Å². The van der Waals surface area contributed by atoms with Crippen molar-refractivity contribution in [3.05, 3.63) is 29.8 Å². The Morgan fingerprint density at radius 1 is 1.35 bits per heavy atom. The molecule has 2 N–H and O–H groups in total. The quantitative estimate of drug-likeness (QED) is 0.879. The lowest BCUT2D eigenvalue weighted by Gasteiger charge is -2.12. The minimum absolute atomic E-state index is 0.377. The van der Waals surface area contributed by atoms with Crippen molar-refractivity contribution in [2.24, 2.45) is 0 Å². The van der Waals surface area contributed by atoms with Crippen LogP contribution in [0, 0.1) is 0 Å². The molecule has 0 saturated heterocycles. The van der Waals surface area contributed by atoms with E-state index in [0.717, 1.165) is 22.2 Å². The van der Waals surface area contributed by atoms with Gasteiger partial charge in [-0.2, -0.15) is 0 Å². The van der Waals surface area contributed by atoms with Crippen molar-refractivity contribution in [2.45, 2.75) is 26.7 Å². The van der Waals surface area contributed by atoms with Crippen molar-refractivity contribution < 1.29 is 4.74 Å². The summed E-state index contributed by atoms with van der Waals surface area (Å²) in [5.41, 5.74) is 7.92. The fourth-order valence-electron chi connectivity index (χ4n) is 1.94. The summed E-state index contributed by atoms with van der Waals surface area (Å²) < 4.78 is 5.56. The summed E-state index contributed by atoms with van der Waals surface area (Å²) in [5.74, 6) is 1.77. The molecule has 1 aromatic carbocycles. The van der Waals surface area contributed by atoms with Crippen LogP contribution in [0.4, 0.5) is 5.82 Å². The van der Waals surface area contributed by atoms with Crippen LogP contribution < -0.4 is 10.5 Å². The van der Waals surface area contributed by atoms with Gasteiger partial charge in [-0.25, -0.2) is 4.98 Å². The van der Waals surface area contributed by atoms with Crippen molar-refractivity contribution in [1.82, 2.24) is 4.98 Å². The summed E-state index contributed by atoms with van der Waals surface area (Å²) in [4.78, 5) is 4.47. The SMILES string of the molecule is CCOc1cccc2cc(C(C)C)c(N)nc12. The zero-order valence-corrected chi connectivity index (χ0v) is 10.5. The molecule has 0 aliphatic rings. The maximum absolute atomic E-state index is 5.99. The molecule has 0 aliphatic heterocycles. The predicted octanol–water partition coefficient (Wildman–Crippen LogP) is 3.34. The third-order valence-corrected chi connectivity index (χ3v) is 2.79. The molecule has 0 amide bonds. The van der Waals surface area contributed by atoms with Gasteiger partial charge >= 0.3 is 0 Å². The van der Waals surface area contributed by atoms with Crippen LogP contribution in [0.1, 0.15) is 32.3 Å². The van der Waals surface area contributed by atoms with Crippen LogP contribution >= 0.6 is 0 Å². The summed E-state index contributed by atoms with van der Waals surface area (Å²) in [6.07, 6.45) is 0. The first-order chi connectivity index (χ1) is 8.13. The Kier molecular flexibility index (Phi) is 3.18. The Balaban J connectivity index is 2.64. The van der Waals surface area contributed by atoms with Gasteiger partial charge in [0.1, 0.15) is 17.1 Å². The number of rotatable bonds is 3. The monoisotopic (exact) mass is 230 g/mol. The number of nitrogens with two attached hydrogens (primary N) is 1. The molecule has 2 rings (SSSR count). The molecule has 2 aromatic rings. The molecule has 0 spiro atoms. The van der Waals surface area contributed by atoms with E-state index in [1.54, 1.807) is 0 Å². The van der Waals surface area contributed by atoms with Crippen molar-refractivity contribution in [3.63, 3.8) is 0 Å². The summed E-state index contributed by atoms with van der Waals surface area (Å²) in [7, 11) is 0. The number of nitrogen functional groups attached to an aromatic ring is 1. The van der Waals surface area contributed by atoms with E-state index in [1.807, 2.05) is 25.1 Å². The molecule has 3 heteroatoms. The molecule has 1 aromatic heterocycles. The number of hydrogen-bond donors (Lipinski definition) is 1. The smallest absolute Gasteiger partial charge is 0.145 e. The van der Waals surface area contributed by atoms with E-state index in [-0.39, 0.29) is 0 Å². The Hall–Kier alpha value is -1.77. The molecule has 0 bridgehead atoms. The fraction of sp³-hybridized carbons (Fsp3) is 0.357. The third kappa shape index (κ3) is 2.18. The summed E-state index contributed by atoms with van der Waals surface area (Å²) in [6.45, 7) is 6.83. The molecule has 3 nitrogen and oxygen atoms in total. The third-order valence-electron chi connectivity index (χ3n) is 2.79. The average Bonchev–Trinajstić information content (AvgIpc) is 2.29. The molecule has 0 radical (unpaired) electrons. The van der Waals surface area contributed by atoms with E-state index in [0.29, 0.717) is 18.3 Å². The molecular formula is C14H18N2O. The lowest BCUT2D eigenvalue weighted by molar-refractivity contribution is 0.343. The molecule has 0 aliphatic carbocycles. The first kappa shape index (κ1) is 11.7. The summed E-state index contributed by atoms with van der Waals surface area (Å²) in [5, 5.41) is 1.08. The van der Waals surface area contributed by atoms with Crippen LogP contribution in [0.2, 0.25) is 0 Å². The predicted molar refractivity (Wildman–Crippen MR) is 71.4 cm³/mol. The van der Waals surface area contributed by atoms with E-state index < -0.39 is 0 Å². The number of pyridine rings is 1. The molecule has 0 saturated carbocycles. The van der Waals surface area contributed by atoms with Gasteiger partial charge in [0.05, 0.1) is 6.61 Å². The van der Waals surface area contributed by atoms with E-state index in [1.165, 1.54) is 0 Å². The number of fused-ring (bicyclic) bond motifs is 1. The van der Waals surface area contributed by atoms with Gasteiger partial charge in [-0.1, -0.05) is 26.0 Å². The van der Waals surface area contributed by atoms with Crippen LogP contribution in [0.5, 0.6) is 5.75 Å². The van der Waals surface area contributed by atoms with Crippen molar-refractivity contribution in [2.75, 3.05) is 12.3 Å². The zero-order valence-electron chi connectivity index (χ0n) is 10.5. The van der Waals surface area contributed by atoms with Gasteiger partial charge < -0.3 is 10.5 Å². The van der Waals surface area contributed by atoms with Gasteiger partial charge in [0, 0.05) is 5.39 Å². The van der Waals surface area contributed by atoms with E-state index in [9.17, 15) is 0 Å². The minimum Gasteiger partial charge on any atom is -0.492 e. The highest BCUT2D eigenvalue weighted by Crippen LogP contribution is 2.29. The number of anilines is 1. The molecule has 0 unspecified atom stereocenters. The van der Waals surface area contributed by atoms with Gasteiger partial charge in [-0.05, 0) is 30.5 Å². The lowest BCUT2D eigenvalue weighted by atomic mass is 10.0. The molecule has 90 valence electrons. The lowest BCUT2D eigenvalue weighted by Crippen LogP contribution is -2.01. The molecule has 0 fully saturated rings. The van der Waals surface area contributed by atoms with Crippen molar-refractivity contribution >= 4 is 16.7 Å². The normalized spacial score (nSPS) is 11.1. The van der Waals surface area contributed by atoms with Crippen LogP contribution in [0.25, 0.3) is 10.9 Å². The average molecular weight is 230 g/mol. The highest BCUT2D eigenvalue weighted by atomic mass is 16.5. The first-order valence-electron chi connectivity index (χ1n) is 5.95. The Labute approximate surface area is 102 Å². The van der Waals surface area contributed by atoms with Crippen molar-refractivity contribution in [3.8, 4) is 5.75 Å². The second kappa shape index (κ2) is 4.62. The standard InChI is InChI=1S/C14H18N2O/c1-4-17-12-7-5-6-10-8-11(9(2)3)14(15)16-13(10)12/h5-9H,4H2,1-3H3,(H2,15,16). The van der Waals surface area contributed by atoms with Gasteiger partial charge in [-0.15, -0.1) is 0 Å². The van der Waals surface area contributed by atoms with E-state index in [2.05, 4.69) is 24.9 Å². The van der Waals surface area contributed by atoms with Gasteiger partial charge in [0.25, 0.3) is 0 Å². The highest BCUT2D eigenvalue weighted by molar-refractivity contribution is 5.86. The molecule has 1 heterocycles. The number of hydrogen-bond acceptors (Lipinski definition) is 3. The zero-order chi connectivity index (χ0) is 12.4. The molecule has 0 atom stereocenters. The van der Waals surface area contributed by atoms with Gasteiger partial charge in [0.15, 0.2) is 0 Å². The Morgan fingerprint density at radius 2 is 2.12 bits per heavy atom. The first-order valence-corrected chi connectivity index (χ1v) is 5.95. The number of para-hydroxylation sites is 1. The van der Waals surface area contributed by atoms with E-state index >= 15 is 0 Å².